The van der Waals surface area contributed by atoms with Crippen molar-refractivity contribution in [3.05, 3.63) is 64.8 Å². The third-order valence-corrected chi connectivity index (χ3v) is 8.33. The van der Waals surface area contributed by atoms with E-state index >= 15 is 0 Å². The van der Waals surface area contributed by atoms with Gasteiger partial charge >= 0.3 is 0 Å². The molecule has 0 unspecified atom stereocenters. The second-order valence-electron chi connectivity index (χ2n) is 8.18. The van der Waals surface area contributed by atoms with E-state index < -0.39 is 10.0 Å². The Bertz CT molecular complexity index is 1210. The number of fused-ring (bicyclic) bond motifs is 3. The van der Waals surface area contributed by atoms with Gasteiger partial charge in [0.25, 0.3) is 0 Å². The Morgan fingerprint density at radius 3 is 2.69 bits per heavy atom. The van der Waals surface area contributed by atoms with Gasteiger partial charge in [0.2, 0.25) is 10.0 Å². The van der Waals surface area contributed by atoms with Crippen LogP contribution in [0.4, 0.5) is 0 Å². The molecule has 5 nitrogen and oxygen atoms in total. The molecule has 150 valence electrons. The van der Waals surface area contributed by atoms with Gasteiger partial charge in [-0.3, -0.25) is 4.79 Å². The van der Waals surface area contributed by atoms with Crippen LogP contribution in [0.15, 0.2) is 47.4 Å². The number of ketones is 1. The molecular formula is C23H24N2O3S. The molecule has 0 radical (unpaired) electrons. The first-order valence-electron chi connectivity index (χ1n) is 10.2. The molecular weight excluding hydrogens is 384 g/mol. The van der Waals surface area contributed by atoms with Crippen LogP contribution in [-0.2, 0) is 16.4 Å². The predicted octanol–water partition coefficient (Wildman–Crippen LogP) is 4.17. The van der Waals surface area contributed by atoms with E-state index in [4.69, 9.17) is 0 Å². The van der Waals surface area contributed by atoms with Crippen molar-refractivity contribution in [1.29, 1.82) is 0 Å². The van der Waals surface area contributed by atoms with Gasteiger partial charge in [-0.25, -0.2) is 8.42 Å². The molecule has 2 heterocycles. The van der Waals surface area contributed by atoms with E-state index in [2.05, 4.69) is 17.1 Å². The summed E-state index contributed by atoms with van der Waals surface area (Å²) < 4.78 is 28.5. The molecule has 1 fully saturated rings. The van der Waals surface area contributed by atoms with Crippen LogP contribution < -0.4 is 0 Å². The van der Waals surface area contributed by atoms with E-state index in [1.165, 1.54) is 5.56 Å². The highest BCUT2D eigenvalue weighted by atomic mass is 32.2. The van der Waals surface area contributed by atoms with Gasteiger partial charge in [0.05, 0.1) is 4.90 Å². The summed E-state index contributed by atoms with van der Waals surface area (Å²) in [6.45, 7) is 2.85. The van der Waals surface area contributed by atoms with E-state index in [0.717, 1.165) is 41.4 Å². The zero-order chi connectivity index (χ0) is 20.2. The number of Topliss-reactive ketones (excluding diaryl/α,β-unsaturated/α-hetero) is 1. The quantitative estimate of drug-likeness (QED) is 0.707. The molecule has 5 rings (SSSR count). The first kappa shape index (κ1) is 18.6. The monoisotopic (exact) mass is 408 g/mol. The molecule has 2 aromatic carbocycles. The lowest BCUT2D eigenvalue weighted by atomic mass is 9.94. The van der Waals surface area contributed by atoms with Crippen LogP contribution in [0.3, 0.4) is 0 Å². The average Bonchev–Trinajstić information content (AvgIpc) is 3.34. The summed E-state index contributed by atoms with van der Waals surface area (Å²) in [4.78, 5) is 16.0. The van der Waals surface area contributed by atoms with Crippen LogP contribution in [0.5, 0.6) is 0 Å². The minimum absolute atomic E-state index is 0.151. The minimum atomic E-state index is -3.59. The van der Waals surface area contributed by atoms with Crippen LogP contribution in [-0.4, -0.2) is 36.6 Å². The fourth-order valence-corrected chi connectivity index (χ4v) is 6.54. The third-order valence-electron chi connectivity index (χ3n) is 6.32. The summed E-state index contributed by atoms with van der Waals surface area (Å²) >= 11 is 0. The topological polar surface area (TPSA) is 70.2 Å². The number of hydrogen-bond donors (Lipinski definition) is 1. The van der Waals surface area contributed by atoms with Gasteiger partial charge in [-0.05, 0) is 55.4 Å². The molecule has 0 bridgehead atoms. The Labute approximate surface area is 170 Å². The molecule has 1 aromatic heterocycles. The fourth-order valence-electron chi connectivity index (χ4n) is 4.80. The van der Waals surface area contributed by atoms with Crippen LogP contribution >= 0.6 is 0 Å². The lowest BCUT2D eigenvalue weighted by Gasteiger charge is -2.18. The molecule has 1 saturated heterocycles. The molecule has 1 N–H and O–H groups in total. The first-order valence-corrected chi connectivity index (χ1v) is 11.6. The van der Waals surface area contributed by atoms with E-state index in [0.29, 0.717) is 30.0 Å². The van der Waals surface area contributed by atoms with E-state index in [1.54, 1.807) is 10.4 Å². The second kappa shape index (κ2) is 6.82. The molecule has 2 aliphatic rings. The Balaban J connectivity index is 1.51. The Kier molecular flexibility index (Phi) is 4.37. The lowest BCUT2D eigenvalue weighted by molar-refractivity contribution is 0.0974. The number of aryl methyl sites for hydroxylation is 2. The molecule has 0 spiro atoms. The van der Waals surface area contributed by atoms with Crippen molar-refractivity contribution in [1.82, 2.24) is 9.29 Å². The van der Waals surface area contributed by atoms with Crippen LogP contribution in [0.1, 0.15) is 52.4 Å². The maximum absolute atomic E-state index is 13.4. The predicted molar refractivity (Wildman–Crippen MR) is 113 cm³/mol. The normalized spacial score (nSPS) is 20.3. The zero-order valence-electron chi connectivity index (χ0n) is 16.4. The molecule has 3 aromatic rings. The smallest absolute Gasteiger partial charge is 0.243 e. The number of carbonyl (C=O) groups is 1. The summed E-state index contributed by atoms with van der Waals surface area (Å²) in [7, 11) is -3.59. The van der Waals surface area contributed by atoms with Gasteiger partial charge < -0.3 is 4.98 Å². The number of benzene rings is 2. The van der Waals surface area contributed by atoms with Crippen molar-refractivity contribution in [3.63, 3.8) is 0 Å². The summed E-state index contributed by atoms with van der Waals surface area (Å²) in [5, 5.41) is 0.852. The van der Waals surface area contributed by atoms with Crippen molar-refractivity contribution in [3.8, 4) is 0 Å². The Morgan fingerprint density at radius 2 is 1.90 bits per heavy atom. The molecule has 1 aliphatic carbocycles. The third kappa shape index (κ3) is 3.02. The lowest BCUT2D eigenvalue weighted by Crippen LogP contribution is -2.29. The summed E-state index contributed by atoms with van der Waals surface area (Å²) in [6.07, 6.45) is 3.07. The average molecular weight is 409 g/mol. The van der Waals surface area contributed by atoms with Crippen molar-refractivity contribution >= 4 is 26.7 Å². The highest BCUT2D eigenvalue weighted by Crippen LogP contribution is 2.35. The van der Waals surface area contributed by atoms with Gasteiger partial charge in [0.1, 0.15) is 0 Å². The molecule has 29 heavy (non-hydrogen) atoms. The fraction of sp³-hybridized carbons (Fsp3) is 0.348. The van der Waals surface area contributed by atoms with Gasteiger partial charge in [-0.2, -0.15) is 4.31 Å². The van der Waals surface area contributed by atoms with E-state index in [-0.39, 0.29) is 11.7 Å². The summed E-state index contributed by atoms with van der Waals surface area (Å²) in [5.74, 6) is 0.378. The van der Waals surface area contributed by atoms with Crippen molar-refractivity contribution in [2.24, 2.45) is 0 Å². The number of hydrogen-bond acceptors (Lipinski definition) is 3. The van der Waals surface area contributed by atoms with Crippen LogP contribution in [0.25, 0.3) is 10.9 Å². The van der Waals surface area contributed by atoms with Gasteiger partial charge in [0, 0.05) is 41.7 Å². The number of rotatable bonds is 3. The maximum Gasteiger partial charge on any atom is 0.243 e. The zero-order valence-corrected chi connectivity index (χ0v) is 17.3. The van der Waals surface area contributed by atoms with Crippen LogP contribution in [0, 0.1) is 6.92 Å². The highest BCUT2D eigenvalue weighted by Gasteiger charge is 2.34. The minimum Gasteiger partial charge on any atom is -0.358 e. The second-order valence-corrected chi connectivity index (χ2v) is 10.1. The van der Waals surface area contributed by atoms with E-state index in [9.17, 15) is 13.2 Å². The van der Waals surface area contributed by atoms with Crippen molar-refractivity contribution in [2.45, 2.75) is 43.4 Å². The van der Waals surface area contributed by atoms with Gasteiger partial charge in [-0.15, -0.1) is 0 Å². The molecule has 0 saturated carbocycles. The highest BCUT2D eigenvalue weighted by molar-refractivity contribution is 7.89. The van der Waals surface area contributed by atoms with Gasteiger partial charge in [-0.1, -0.05) is 30.3 Å². The number of aromatic amines is 1. The Morgan fingerprint density at radius 1 is 1.10 bits per heavy atom. The maximum atomic E-state index is 13.4. The number of carbonyl (C=O) groups excluding carboxylic acids is 1. The summed E-state index contributed by atoms with van der Waals surface area (Å²) in [5.41, 5.74) is 4.32. The SMILES string of the molecule is Cc1cc2c3c([nH]c2cc1S(=O)(=O)N1CC[C@@H](c2ccccc2)C1)CCCC3=O. The number of sulfonamides is 1. The molecule has 1 atom stereocenters. The number of nitrogens with one attached hydrogen (secondary N) is 1. The summed E-state index contributed by atoms with van der Waals surface area (Å²) in [6, 6.07) is 13.7. The standard InChI is InChI=1S/C23H24N2O3S/c1-15-12-18-20(24-19-8-5-9-21(26)23(18)19)13-22(15)29(27,28)25-11-10-17(14-25)16-6-3-2-4-7-16/h2-4,6-7,12-13,17,24H,5,8-11,14H2,1H3/t17-/m1/s1. The molecule has 6 heteroatoms. The first-order chi connectivity index (χ1) is 13.9. The number of H-pyrrole nitrogens is 1. The van der Waals surface area contributed by atoms with Gasteiger partial charge in [0.15, 0.2) is 5.78 Å². The molecule has 1 aliphatic heterocycles. The Hall–Kier alpha value is -2.44. The number of aromatic nitrogens is 1. The van der Waals surface area contributed by atoms with Crippen molar-refractivity contribution < 1.29 is 13.2 Å². The van der Waals surface area contributed by atoms with Crippen LogP contribution in [0.2, 0.25) is 0 Å². The van der Waals surface area contributed by atoms with E-state index in [1.807, 2.05) is 31.2 Å². The number of nitrogens with zero attached hydrogens (tertiary/aromatic N) is 1. The molecule has 0 amide bonds. The van der Waals surface area contributed by atoms with Crippen molar-refractivity contribution in [2.75, 3.05) is 13.1 Å². The largest absolute Gasteiger partial charge is 0.358 e.